The number of rotatable bonds is 10. The molecule has 2 N–H and O–H groups in total. The number of hydrogen-bond donors (Lipinski definition) is 2. The topological polar surface area (TPSA) is 84.9 Å². The maximum atomic E-state index is 13.9. The van der Waals surface area contributed by atoms with E-state index in [1.165, 1.54) is 6.07 Å². The van der Waals surface area contributed by atoms with Crippen molar-refractivity contribution in [3.8, 4) is 11.1 Å². The van der Waals surface area contributed by atoms with Crippen molar-refractivity contribution in [1.29, 1.82) is 0 Å². The van der Waals surface area contributed by atoms with E-state index < -0.39 is 24.1 Å². The lowest BCUT2D eigenvalue weighted by molar-refractivity contribution is -0.164. The standard InChI is InChI=1S/C24H30FNO5/c1-3-4-16-30-23(29)26-31-22(28)24(2,17-27)15-7-8-18-11-13-19(14-12-18)20-9-5-6-10-21(20)25/h5-6,9-14,27H,3-4,7-8,15-17H2,1-2H3,(H,26,29). The zero-order valence-electron chi connectivity index (χ0n) is 18.0. The highest BCUT2D eigenvalue weighted by Gasteiger charge is 2.34. The summed E-state index contributed by atoms with van der Waals surface area (Å²) in [4.78, 5) is 28.6. The minimum absolute atomic E-state index is 0.243. The minimum Gasteiger partial charge on any atom is -0.447 e. The molecule has 1 amide bonds. The van der Waals surface area contributed by atoms with Gasteiger partial charge in [-0.2, -0.15) is 0 Å². The number of amides is 1. The fraction of sp³-hybridized carbons (Fsp3) is 0.417. The van der Waals surface area contributed by atoms with Gasteiger partial charge in [-0.05, 0) is 49.8 Å². The molecule has 6 nitrogen and oxygen atoms in total. The molecule has 0 radical (unpaired) electrons. The van der Waals surface area contributed by atoms with Gasteiger partial charge in [0.15, 0.2) is 0 Å². The van der Waals surface area contributed by atoms with E-state index in [0.717, 1.165) is 24.0 Å². The third-order valence-electron chi connectivity index (χ3n) is 5.13. The number of aliphatic hydroxyl groups is 1. The predicted octanol–water partition coefficient (Wildman–Crippen LogP) is 4.80. The van der Waals surface area contributed by atoms with E-state index in [2.05, 4.69) is 0 Å². The Kier molecular flexibility index (Phi) is 9.46. The first kappa shape index (κ1) is 24.3. The molecule has 0 fully saturated rings. The van der Waals surface area contributed by atoms with Gasteiger partial charge in [0.2, 0.25) is 0 Å². The zero-order chi connectivity index (χ0) is 22.7. The maximum Gasteiger partial charge on any atom is 0.440 e. The van der Waals surface area contributed by atoms with Crippen molar-refractivity contribution >= 4 is 12.1 Å². The Morgan fingerprint density at radius 1 is 1.10 bits per heavy atom. The first-order valence-electron chi connectivity index (χ1n) is 10.5. The Balaban J connectivity index is 1.83. The fourth-order valence-electron chi connectivity index (χ4n) is 3.02. The van der Waals surface area contributed by atoms with Crippen LogP contribution in [0, 0.1) is 11.2 Å². The Labute approximate surface area is 182 Å². The largest absolute Gasteiger partial charge is 0.447 e. The van der Waals surface area contributed by atoms with Gasteiger partial charge in [-0.1, -0.05) is 55.8 Å². The van der Waals surface area contributed by atoms with Crippen LogP contribution < -0.4 is 5.48 Å². The molecule has 2 aromatic carbocycles. The number of aryl methyl sites for hydroxylation is 1. The van der Waals surface area contributed by atoms with Crippen LogP contribution >= 0.6 is 0 Å². The van der Waals surface area contributed by atoms with Gasteiger partial charge in [0.25, 0.3) is 0 Å². The molecule has 2 aromatic rings. The Bertz CT molecular complexity index is 855. The molecule has 0 saturated heterocycles. The van der Waals surface area contributed by atoms with Gasteiger partial charge in [-0.15, -0.1) is 5.48 Å². The smallest absolute Gasteiger partial charge is 0.440 e. The van der Waals surface area contributed by atoms with Crippen molar-refractivity contribution in [3.63, 3.8) is 0 Å². The minimum atomic E-state index is -1.15. The third-order valence-corrected chi connectivity index (χ3v) is 5.13. The lowest BCUT2D eigenvalue weighted by atomic mass is 9.85. The van der Waals surface area contributed by atoms with Crippen molar-refractivity contribution < 1.29 is 28.7 Å². The second-order valence-corrected chi connectivity index (χ2v) is 7.73. The van der Waals surface area contributed by atoms with Gasteiger partial charge in [-0.3, -0.25) is 0 Å². The maximum absolute atomic E-state index is 13.9. The highest BCUT2D eigenvalue weighted by molar-refractivity contribution is 5.78. The van der Waals surface area contributed by atoms with Crippen molar-refractivity contribution in [2.75, 3.05) is 13.2 Å². The van der Waals surface area contributed by atoms with Gasteiger partial charge in [0.1, 0.15) is 5.82 Å². The van der Waals surface area contributed by atoms with Crippen LogP contribution in [-0.4, -0.2) is 30.4 Å². The van der Waals surface area contributed by atoms with Gasteiger partial charge in [0, 0.05) is 5.56 Å². The fourth-order valence-corrected chi connectivity index (χ4v) is 3.02. The van der Waals surface area contributed by atoms with E-state index in [-0.39, 0.29) is 12.4 Å². The van der Waals surface area contributed by atoms with Crippen molar-refractivity contribution in [1.82, 2.24) is 5.48 Å². The first-order valence-corrected chi connectivity index (χ1v) is 10.5. The second kappa shape index (κ2) is 12.1. The van der Waals surface area contributed by atoms with E-state index in [1.54, 1.807) is 25.1 Å². The van der Waals surface area contributed by atoms with E-state index >= 15 is 0 Å². The predicted molar refractivity (Wildman–Crippen MR) is 115 cm³/mol. The lowest BCUT2D eigenvalue weighted by Gasteiger charge is -2.24. The van der Waals surface area contributed by atoms with Gasteiger partial charge in [-0.25, -0.2) is 14.0 Å². The first-order chi connectivity index (χ1) is 14.9. The summed E-state index contributed by atoms with van der Waals surface area (Å²) in [7, 11) is 0. The van der Waals surface area contributed by atoms with Crippen molar-refractivity contribution in [2.24, 2.45) is 5.41 Å². The number of ether oxygens (including phenoxy) is 1. The molecule has 2 rings (SSSR count). The molecule has 1 atom stereocenters. The summed E-state index contributed by atoms with van der Waals surface area (Å²) in [5.41, 5.74) is 3.19. The Hall–Kier alpha value is -2.93. The van der Waals surface area contributed by atoms with E-state index in [0.29, 0.717) is 24.8 Å². The van der Waals surface area contributed by atoms with E-state index in [4.69, 9.17) is 9.57 Å². The summed E-state index contributed by atoms with van der Waals surface area (Å²) in [6.07, 6.45) is 2.42. The molecule has 31 heavy (non-hydrogen) atoms. The molecule has 0 aromatic heterocycles. The Morgan fingerprint density at radius 2 is 1.81 bits per heavy atom. The lowest BCUT2D eigenvalue weighted by Crippen LogP contribution is -2.39. The number of carbonyl (C=O) groups is 2. The zero-order valence-corrected chi connectivity index (χ0v) is 18.0. The van der Waals surface area contributed by atoms with E-state index in [9.17, 15) is 19.1 Å². The van der Waals surface area contributed by atoms with E-state index in [1.807, 2.05) is 36.7 Å². The van der Waals surface area contributed by atoms with Crippen LogP contribution in [-0.2, 0) is 20.8 Å². The highest BCUT2D eigenvalue weighted by Crippen LogP contribution is 2.27. The van der Waals surface area contributed by atoms with Gasteiger partial charge < -0.3 is 14.7 Å². The average molecular weight is 432 g/mol. The summed E-state index contributed by atoms with van der Waals surface area (Å²) in [6.45, 7) is 3.38. The van der Waals surface area contributed by atoms with Gasteiger partial charge in [0.05, 0.1) is 18.6 Å². The number of carbonyl (C=O) groups excluding carboxylic acids is 2. The quantitative estimate of drug-likeness (QED) is 0.417. The molecular formula is C24H30FNO5. The summed E-state index contributed by atoms with van der Waals surface area (Å²) < 4.78 is 18.8. The number of unbranched alkanes of at least 4 members (excludes halogenated alkanes) is 1. The summed E-state index contributed by atoms with van der Waals surface area (Å²) in [6, 6.07) is 14.2. The molecule has 168 valence electrons. The highest BCUT2D eigenvalue weighted by atomic mass is 19.1. The SMILES string of the molecule is CCCCOC(=O)NOC(=O)C(C)(CO)CCCc1ccc(-c2ccccc2F)cc1. The molecular weight excluding hydrogens is 401 g/mol. The molecule has 0 aliphatic carbocycles. The molecule has 0 aliphatic rings. The molecule has 1 unspecified atom stereocenters. The van der Waals surface area contributed by atoms with Crippen LogP contribution in [0.4, 0.5) is 9.18 Å². The van der Waals surface area contributed by atoms with Crippen LogP contribution in [0.3, 0.4) is 0 Å². The van der Waals surface area contributed by atoms with Crippen LogP contribution in [0.2, 0.25) is 0 Å². The summed E-state index contributed by atoms with van der Waals surface area (Å²) >= 11 is 0. The molecule has 0 bridgehead atoms. The number of hydroxylamine groups is 1. The third kappa shape index (κ3) is 7.36. The molecule has 0 saturated carbocycles. The number of hydrogen-bond acceptors (Lipinski definition) is 5. The Morgan fingerprint density at radius 3 is 2.45 bits per heavy atom. The monoisotopic (exact) mass is 431 g/mol. The molecule has 0 heterocycles. The van der Waals surface area contributed by atoms with Crippen LogP contribution in [0.15, 0.2) is 48.5 Å². The second-order valence-electron chi connectivity index (χ2n) is 7.73. The normalized spacial score (nSPS) is 12.6. The molecule has 0 aliphatic heterocycles. The molecule has 0 spiro atoms. The van der Waals surface area contributed by atoms with Crippen LogP contribution in [0.1, 0.15) is 45.1 Å². The number of halogens is 1. The number of benzene rings is 2. The summed E-state index contributed by atoms with van der Waals surface area (Å²) in [5.74, 6) is -0.993. The van der Waals surface area contributed by atoms with Crippen LogP contribution in [0.5, 0.6) is 0 Å². The van der Waals surface area contributed by atoms with Crippen molar-refractivity contribution in [3.05, 3.63) is 59.9 Å². The number of nitrogens with one attached hydrogen (secondary N) is 1. The summed E-state index contributed by atoms with van der Waals surface area (Å²) in [5, 5.41) is 9.70. The molecule has 7 heteroatoms. The average Bonchev–Trinajstić information content (AvgIpc) is 2.78. The van der Waals surface area contributed by atoms with Crippen molar-refractivity contribution in [2.45, 2.75) is 46.0 Å². The van der Waals surface area contributed by atoms with Gasteiger partial charge >= 0.3 is 12.1 Å². The number of aliphatic hydroxyl groups excluding tert-OH is 1. The van der Waals surface area contributed by atoms with Crippen LogP contribution in [0.25, 0.3) is 11.1 Å².